The molecule has 0 saturated heterocycles. The third kappa shape index (κ3) is 2.65. The molecule has 0 atom stereocenters. The summed E-state index contributed by atoms with van der Waals surface area (Å²) in [5.74, 6) is -3.78. The van der Waals surface area contributed by atoms with Crippen molar-refractivity contribution in [1.29, 1.82) is 0 Å². The summed E-state index contributed by atoms with van der Waals surface area (Å²) < 4.78 is 25.1. The molecule has 0 radical (unpaired) electrons. The Bertz CT molecular complexity index is 849. The Hall–Kier alpha value is -3.42. The van der Waals surface area contributed by atoms with Crippen molar-refractivity contribution in [2.75, 3.05) is 10.6 Å². The van der Waals surface area contributed by atoms with E-state index in [4.69, 9.17) is 0 Å². The standard InChI is InChI=1S/2C8H4FNO2/c2*9-4-1-2-6-5(3-4)7(11)8(12)10-6/h2*1-3H,(H,10,11,12). The van der Waals surface area contributed by atoms with Crippen LogP contribution in [-0.2, 0) is 9.59 Å². The molecule has 24 heavy (non-hydrogen) atoms. The number of carbonyl (C=O) groups is 4. The van der Waals surface area contributed by atoms with Gasteiger partial charge in [-0.3, -0.25) is 19.2 Å². The van der Waals surface area contributed by atoms with E-state index < -0.39 is 35.0 Å². The first-order chi connectivity index (χ1) is 11.4. The van der Waals surface area contributed by atoms with Gasteiger partial charge in [0.05, 0.1) is 22.5 Å². The summed E-state index contributed by atoms with van der Waals surface area (Å²) in [6.07, 6.45) is 0. The van der Waals surface area contributed by atoms with Crippen LogP contribution in [0.15, 0.2) is 36.4 Å². The predicted octanol–water partition coefficient (Wildman–Crippen LogP) is 1.92. The number of benzene rings is 2. The van der Waals surface area contributed by atoms with E-state index in [1.54, 1.807) is 0 Å². The summed E-state index contributed by atoms with van der Waals surface area (Å²) in [4.78, 5) is 43.5. The van der Waals surface area contributed by atoms with Crippen LogP contribution < -0.4 is 10.6 Å². The molecule has 2 aliphatic rings. The third-order valence-electron chi connectivity index (χ3n) is 3.36. The highest BCUT2D eigenvalue weighted by Crippen LogP contribution is 2.23. The third-order valence-corrected chi connectivity index (χ3v) is 3.36. The minimum absolute atomic E-state index is 0.111. The van der Waals surface area contributed by atoms with Crippen molar-refractivity contribution in [2.45, 2.75) is 0 Å². The molecule has 2 aliphatic heterocycles. The summed E-state index contributed by atoms with van der Waals surface area (Å²) >= 11 is 0. The maximum Gasteiger partial charge on any atom is 0.296 e. The highest BCUT2D eigenvalue weighted by molar-refractivity contribution is 6.52. The number of Topliss-reactive ketones (excluding diaryl/α,β-unsaturated/α-hetero) is 2. The fourth-order valence-corrected chi connectivity index (χ4v) is 2.23. The van der Waals surface area contributed by atoms with Crippen LogP contribution >= 0.6 is 0 Å². The van der Waals surface area contributed by atoms with Gasteiger partial charge in [0, 0.05) is 0 Å². The van der Waals surface area contributed by atoms with Crippen molar-refractivity contribution < 1.29 is 28.0 Å². The van der Waals surface area contributed by atoms with Crippen molar-refractivity contribution in [1.82, 2.24) is 0 Å². The SMILES string of the molecule is O=C1Nc2ccc(F)cc2C1=O.O=C1Nc2ccc(F)cc2C1=O. The molecule has 0 spiro atoms. The van der Waals surface area contributed by atoms with Crippen LogP contribution in [0.4, 0.5) is 20.2 Å². The van der Waals surface area contributed by atoms with Crippen LogP contribution in [0.2, 0.25) is 0 Å². The number of halogens is 2. The molecule has 6 nitrogen and oxygen atoms in total. The average molecular weight is 330 g/mol. The Morgan fingerprint density at radius 3 is 1.38 bits per heavy atom. The summed E-state index contributed by atoms with van der Waals surface area (Å²) in [6.45, 7) is 0. The minimum Gasteiger partial charge on any atom is -0.318 e. The number of carbonyl (C=O) groups excluding carboxylic acids is 4. The van der Waals surface area contributed by atoms with Crippen molar-refractivity contribution >= 4 is 34.8 Å². The normalized spacial score (nSPS) is 14.4. The monoisotopic (exact) mass is 330 g/mol. The first-order valence-corrected chi connectivity index (χ1v) is 6.67. The number of amides is 2. The van der Waals surface area contributed by atoms with Crippen LogP contribution in [0.25, 0.3) is 0 Å². The number of rotatable bonds is 0. The number of fused-ring (bicyclic) bond motifs is 2. The van der Waals surface area contributed by atoms with Crippen LogP contribution in [-0.4, -0.2) is 23.4 Å². The Kier molecular flexibility index (Phi) is 3.64. The molecule has 2 aromatic rings. The zero-order valence-corrected chi connectivity index (χ0v) is 11.9. The molecule has 8 heteroatoms. The molecule has 0 aromatic heterocycles. The van der Waals surface area contributed by atoms with Gasteiger partial charge < -0.3 is 10.6 Å². The summed E-state index contributed by atoms with van der Waals surface area (Å²) in [5.41, 5.74) is 0.984. The van der Waals surface area contributed by atoms with Crippen LogP contribution in [0.5, 0.6) is 0 Å². The maximum absolute atomic E-state index is 12.6. The maximum atomic E-state index is 12.6. The van der Waals surface area contributed by atoms with Gasteiger partial charge >= 0.3 is 0 Å². The Morgan fingerprint density at radius 2 is 1.00 bits per heavy atom. The molecule has 2 N–H and O–H groups in total. The smallest absolute Gasteiger partial charge is 0.296 e. The molecule has 0 aliphatic carbocycles. The fraction of sp³-hybridized carbons (Fsp3) is 0. The molecule has 0 bridgehead atoms. The van der Waals surface area contributed by atoms with E-state index in [1.165, 1.54) is 24.3 Å². The molecule has 2 amide bonds. The second kappa shape index (κ2) is 5.65. The topological polar surface area (TPSA) is 92.3 Å². The molecule has 120 valence electrons. The van der Waals surface area contributed by atoms with Gasteiger partial charge in [-0.15, -0.1) is 0 Å². The van der Waals surface area contributed by atoms with Crippen molar-refractivity contribution in [3.05, 3.63) is 59.2 Å². The lowest BCUT2D eigenvalue weighted by atomic mass is 10.1. The van der Waals surface area contributed by atoms with E-state index in [0.29, 0.717) is 11.4 Å². The quantitative estimate of drug-likeness (QED) is 0.722. The fourth-order valence-electron chi connectivity index (χ4n) is 2.23. The molecule has 0 fully saturated rings. The Labute approximate surface area is 133 Å². The van der Waals surface area contributed by atoms with E-state index in [0.717, 1.165) is 12.1 Å². The van der Waals surface area contributed by atoms with Gasteiger partial charge in [-0.2, -0.15) is 0 Å². The molecule has 0 unspecified atom stereocenters. The first kappa shape index (κ1) is 15.5. The summed E-state index contributed by atoms with van der Waals surface area (Å²) in [6, 6.07) is 7.22. The van der Waals surface area contributed by atoms with Crippen LogP contribution in [0.3, 0.4) is 0 Å². The molecule has 2 heterocycles. The highest BCUT2D eigenvalue weighted by Gasteiger charge is 2.28. The predicted molar refractivity (Wildman–Crippen MR) is 78.7 cm³/mol. The van der Waals surface area contributed by atoms with Gasteiger partial charge in [0.2, 0.25) is 0 Å². The Morgan fingerprint density at radius 1 is 0.625 bits per heavy atom. The zero-order chi connectivity index (χ0) is 17.4. The number of hydrogen-bond donors (Lipinski definition) is 2. The highest BCUT2D eigenvalue weighted by atomic mass is 19.1. The molecular formula is C16H8F2N2O4. The van der Waals surface area contributed by atoms with Gasteiger partial charge in [0.1, 0.15) is 11.6 Å². The lowest BCUT2D eigenvalue weighted by molar-refractivity contribution is -0.112. The van der Waals surface area contributed by atoms with Crippen LogP contribution in [0.1, 0.15) is 20.7 Å². The summed E-state index contributed by atoms with van der Waals surface area (Å²) in [5, 5.41) is 4.64. The molecular weight excluding hydrogens is 322 g/mol. The summed E-state index contributed by atoms with van der Waals surface area (Å²) in [7, 11) is 0. The van der Waals surface area contributed by atoms with E-state index in [9.17, 15) is 28.0 Å². The van der Waals surface area contributed by atoms with Crippen LogP contribution in [0, 0.1) is 11.6 Å². The van der Waals surface area contributed by atoms with E-state index in [1.807, 2.05) is 0 Å². The molecule has 4 rings (SSSR count). The van der Waals surface area contributed by atoms with Gasteiger partial charge in [0.15, 0.2) is 0 Å². The second-order valence-corrected chi connectivity index (χ2v) is 4.95. The van der Waals surface area contributed by atoms with Gasteiger partial charge in [-0.05, 0) is 36.4 Å². The number of ketones is 2. The average Bonchev–Trinajstić information content (AvgIpc) is 2.99. The van der Waals surface area contributed by atoms with Crippen molar-refractivity contribution in [3.63, 3.8) is 0 Å². The zero-order valence-electron chi connectivity index (χ0n) is 11.9. The van der Waals surface area contributed by atoms with E-state index in [-0.39, 0.29) is 11.1 Å². The van der Waals surface area contributed by atoms with Crippen molar-refractivity contribution in [3.8, 4) is 0 Å². The number of anilines is 2. The number of hydrogen-bond acceptors (Lipinski definition) is 4. The van der Waals surface area contributed by atoms with E-state index >= 15 is 0 Å². The lowest BCUT2D eigenvalue weighted by Gasteiger charge is -1.94. The lowest BCUT2D eigenvalue weighted by Crippen LogP contribution is -2.12. The first-order valence-electron chi connectivity index (χ1n) is 6.67. The van der Waals surface area contributed by atoms with Crippen molar-refractivity contribution in [2.24, 2.45) is 0 Å². The van der Waals surface area contributed by atoms with Gasteiger partial charge in [-0.25, -0.2) is 8.78 Å². The second-order valence-electron chi connectivity index (χ2n) is 4.95. The number of nitrogens with one attached hydrogen (secondary N) is 2. The molecule has 0 saturated carbocycles. The van der Waals surface area contributed by atoms with Gasteiger partial charge in [0.25, 0.3) is 23.4 Å². The van der Waals surface area contributed by atoms with E-state index in [2.05, 4.69) is 10.6 Å². The largest absolute Gasteiger partial charge is 0.318 e. The molecule has 2 aromatic carbocycles. The minimum atomic E-state index is -0.699. The van der Waals surface area contributed by atoms with Gasteiger partial charge in [-0.1, -0.05) is 0 Å². The Balaban J connectivity index is 0.000000141.